The number of thioether (sulfide) groups is 2. The molecule has 7 heteroatoms. The number of aromatic nitrogens is 2. The van der Waals surface area contributed by atoms with Crippen LogP contribution in [0, 0.1) is 5.82 Å². The van der Waals surface area contributed by atoms with Crippen LogP contribution in [0.15, 0.2) is 22.7 Å². The summed E-state index contributed by atoms with van der Waals surface area (Å²) in [5.41, 5.74) is 6.69. The Morgan fingerprint density at radius 1 is 1.37 bits per heavy atom. The highest BCUT2D eigenvalue weighted by molar-refractivity contribution is 8.06. The molecule has 1 unspecified atom stereocenters. The van der Waals surface area contributed by atoms with Crippen LogP contribution in [0.3, 0.4) is 0 Å². The highest BCUT2D eigenvalue weighted by Crippen LogP contribution is 2.36. The number of anilines is 1. The zero-order chi connectivity index (χ0) is 13.2. The van der Waals surface area contributed by atoms with E-state index in [4.69, 9.17) is 10.3 Å². The van der Waals surface area contributed by atoms with Gasteiger partial charge in [-0.1, -0.05) is 5.16 Å². The summed E-state index contributed by atoms with van der Waals surface area (Å²) in [6.07, 6.45) is 0. The standard InChI is InChI=1S/C12H12FN3OS2/c13-7-1-2-9(14)8(5-7)12-15-11(16-17-12)10-6-18-3-4-19-10/h1-2,5,10H,3-4,6,14H2. The Labute approximate surface area is 118 Å². The second-order valence-electron chi connectivity index (χ2n) is 4.12. The van der Waals surface area contributed by atoms with Crippen molar-refractivity contribution in [3.05, 3.63) is 29.8 Å². The van der Waals surface area contributed by atoms with Crippen LogP contribution in [-0.4, -0.2) is 27.4 Å². The minimum absolute atomic E-state index is 0.242. The van der Waals surface area contributed by atoms with Gasteiger partial charge in [-0.05, 0) is 18.2 Å². The first-order chi connectivity index (χ1) is 9.24. The van der Waals surface area contributed by atoms with Crippen molar-refractivity contribution in [1.82, 2.24) is 10.1 Å². The van der Waals surface area contributed by atoms with Crippen LogP contribution in [0.1, 0.15) is 11.1 Å². The van der Waals surface area contributed by atoms with Crippen molar-refractivity contribution in [3.8, 4) is 11.5 Å². The fourth-order valence-electron chi connectivity index (χ4n) is 1.83. The molecule has 3 rings (SSSR count). The van der Waals surface area contributed by atoms with E-state index >= 15 is 0 Å². The largest absolute Gasteiger partial charge is 0.398 e. The van der Waals surface area contributed by atoms with Gasteiger partial charge in [0.15, 0.2) is 5.82 Å². The third-order valence-corrected chi connectivity index (χ3v) is 5.54. The summed E-state index contributed by atoms with van der Waals surface area (Å²) in [4.78, 5) is 4.35. The number of nitrogens with two attached hydrogens (primary N) is 1. The second-order valence-corrected chi connectivity index (χ2v) is 6.58. The van der Waals surface area contributed by atoms with E-state index in [0.29, 0.717) is 17.1 Å². The van der Waals surface area contributed by atoms with Crippen molar-refractivity contribution in [1.29, 1.82) is 0 Å². The van der Waals surface area contributed by atoms with E-state index in [2.05, 4.69) is 10.1 Å². The van der Waals surface area contributed by atoms with Gasteiger partial charge in [0.2, 0.25) is 0 Å². The summed E-state index contributed by atoms with van der Waals surface area (Å²) in [5, 5.41) is 4.23. The molecule has 1 atom stereocenters. The van der Waals surface area contributed by atoms with Gasteiger partial charge in [0.05, 0.1) is 10.8 Å². The summed E-state index contributed by atoms with van der Waals surface area (Å²) >= 11 is 3.70. The number of halogens is 1. The van der Waals surface area contributed by atoms with Crippen molar-refractivity contribution in [2.75, 3.05) is 23.0 Å². The molecule has 1 saturated heterocycles. The molecule has 1 aliphatic heterocycles. The molecule has 0 amide bonds. The first-order valence-electron chi connectivity index (χ1n) is 5.82. The summed E-state index contributed by atoms with van der Waals surface area (Å²) < 4.78 is 18.5. The van der Waals surface area contributed by atoms with Crippen molar-refractivity contribution in [3.63, 3.8) is 0 Å². The van der Waals surface area contributed by atoms with Crippen LogP contribution >= 0.6 is 23.5 Å². The fraction of sp³-hybridized carbons (Fsp3) is 0.333. The fourth-order valence-corrected chi connectivity index (χ4v) is 4.41. The lowest BCUT2D eigenvalue weighted by Crippen LogP contribution is -2.07. The minimum Gasteiger partial charge on any atom is -0.398 e. The number of rotatable bonds is 2. The van der Waals surface area contributed by atoms with Crippen LogP contribution < -0.4 is 5.73 Å². The number of benzene rings is 1. The number of hydrogen-bond donors (Lipinski definition) is 1. The van der Waals surface area contributed by atoms with Crippen molar-refractivity contribution in [2.24, 2.45) is 0 Å². The molecule has 2 heterocycles. The molecule has 0 radical (unpaired) electrons. The van der Waals surface area contributed by atoms with E-state index in [0.717, 1.165) is 17.3 Å². The van der Waals surface area contributed by atoms with Gasteiger partial charge in [0.1, 0.15) is 5.82 Å². The Balaban J connectivity index is 1.89. The lowest BCUT2D eigenvalue weighted by molar-refractivity contribution is 0.423. The zero-order valence-electron chi connectivity index (χ0n) is 10.0. The summed E-state index contributed by atoms with van der Waals surface area (Å²) in [7, 11) is 0. The first-order valence-corrected chi connectivity index (χ1v) is 8.03. The maximum absolute atomic E-state index is 13.2. The van der Waals surface area contributed by atoms with Gasteiger partial charge < -0.3 is 10.3 Å². The third kappa shape index (κ3) is 2.71. The van der Waals surface area contributed by atoms with Crippen LogP contribution in [0.5, 0.6) is 0 Å². The van der Waals surface area contributed by atoms with Gasteiger partial charge in [-0.15, -0.1) is 11.8 Å². The van der Waals surface area contributed by atoms with Crippen molar-refractivity contribution < 1.29 is 8.91 Å². The molecule has 0 saturated carbocycles. The van der Waals surface area contributed by atoms with E-state index in [1.165, 1.54) is 18.2 Å². The van der Waals surface area contributed by atoms with E-state index in [1.54, 1.807) is 0 Å². The van der Waals surface area contributed by atoms with Gasteiger partial charge in [-0.2, -0.15) is 16.7 Å². The van der Waals surface area contributed by atoms with Crippen LogP contribution in [-0.2, 0) is 0 Å². The topological polar surface area (TPSA) is 64.9 Å². The molecule has 2 aromatic rings. The summed E-state index contributed by atoms with van der Waals surface area (Å²) in [5.74, 6) is 3.79. The van der Waals surface area contributed by atoms with Gasteiger partial charge in [-0.3, -0.25) is 0 Å². The molecule has 1 fully saturated rings. The Hall–Kier alpha value is -1.21. The smallest absolute Gasteiger partial charge is 0.260 e. The molecular formula is C12H12FN3OS2. The van der Waals surface area contributed by atoms with Gasteiger partial charge >= 0.3 is 0 Å². The predicted molar refractivity (Wildman–Crippen MR) is 76.6 cm³/mol. The zero-order valence-corrected chi connectivity index (χ0v) is 11.6. The van der Waals surface area contributed by atoms with E-state index < -0.39 is 0 Å². The second kappa shape index (κ2) is 5.42. The van der Waals surface area contributed by atoms with E-state index in [-0.39, 0.29) is 17.0 Å². The van der Waals surface area contributed by atoms with Crippen LogP contribution in [0.2, 0.25) is 0 Å². The number of nitrogen functional groups attached to an aromatic ring is 1. The monoisotopic (exact) mass is 297 g/mol. The maximum atomic E-state index is 13.2. The number of nitrogens with zero attached hydrogens (tertiary/aromatic N) is 2. The average Bonchev–Trinajstić information content (AvgIpc) is 2.92. The normalized spacial score (nSPS) is 19.5. The molecule has 0 bridgehead atoms. The first kappa shape index (κ1) is 12.8. The Bertz CT molecular complexity index is 584. The highest BCUT2D eigenvalue weighted by Gasteiger charge is 2.23. The maximum Gasteiger partial charge on any atom is 0.260 e. The summed E-state index contributed by atoms with van der Waals surface area (Å²) in [6, 6.07) is 4.12. The Morgan fingerprint density at radius 2 is 2.26 bits per heavy atom. The van der Waals surface area contributed by atoms with Gasteiger partial charge in [0.25, 0.3) is 5.89 Å². The minimum atomic E-state index is -0.369. The van der Waals surface area contributed by atoms with Gasteiger partial charge in [0, 0.05) is 22.9 Å². The molecule has 2 N–H and O–H groups in total. The molecule has 19 heavy (non-hydrogen) atoms. The average molecular weight is 297 g/mol. The molecule has 1 aromatic heterocycles. The highest BCUT2D eigenvalue weighted by atomic mass is 32.2. The molecule has 1 aliphatic rings. The molecule has 0 aliphatic carbocycles. The summed E-state index contributed by atoms with van der Waals surface area (Å²) in [6.45, 7) is 0. The molecule has 1 aromatic carbocycles. The van der Waals surface area contributed by atoms with E-state index in [9.17, 15) is 4.39 Å². The SMILES string of the molecule is Nc1ccc(F)cc1-c1nc(C2CSCCS2)no1. The van der Waals surface area contributed by atoms with Crippen LogP contribution in [0.25, 0.3) is 11.5 Å². The quantitative estimate of drug-likeness (QED) is 0.860. The van der Waals surface area contributed by atoms with Crippen molar-refractivity contribution >= 4 is 29.2 Å². The third-order valence-electron chi connectivity index (χ3n) is 2.79. The number of hydrogen-bond acceptors (Lipinski definition) is 6. The van der Waals surface area contributed by atoms with E-state index in [1.807, 2.05) is 23.5 Å². The molecule has 100 valence electrons. The Morgan fingerprint density at radius 3 is 3.05 bits per heavy atom. The Kier molecular flexibility index (Phi) is 3.65. The lowest BCUT2D eigenvalue weighted by atomic mass is 10.2. The lowest BCUT2D eigenvalue weighted by Gasteiger charge is -2.16. The predicted octanol–water partition coefficient (Wildman–Crippen LogP) is 2.98. The van der Waals surface area contributed by atoms with Gasteiger partial charge in [-0.25, -0.2) is 4.39 Å². The molecule has 4 nitrogen and oxygen atoms in total. The van der Waals surface area contributed by atoms with Crippen LogP contribution in [0.4, 0.5) is 10.1 Å². The molecular weight excluding hydrogens is 285 g/mol. The van der Waals surface area contributed by atoms with Crippen molar-refractivity contribution in [2.45, 2.75) is 5.25 Å². The molecule has 0 spiro atoms.